The predicted octanol–water partition coefficient (Wildman–Crippen LogP) is 0.764. The molecular formula is C18H26N4O4S. The van der Waals surface area contributed by atoms with Crippen LogP contribution < -0.4 is 14.9 Å². The molecule has 2 amide bonds. The van der Waals surface area contributed by atoms with Gasteiger partial charge in [0, 0.05) is 31.6 Å². The zero-order chi connectivity index (χ0) is 19.6. The van der Waals surface area contributed by atoms with Crippen molar-refractivity contribution in [2.45, 2.75) is 38.3 Å². The zero-order valence-electron chi connectivity index (χ0n) is 15.6. The molecule has 0 spiro atoms. The fraction of sp³-hybridized carbons (Fsp3) is 0.556. The Kier molecular flexibility index (Phi) is 5.83. The van der Waals surface area contributed by atoms with E-state index < -0.39 is 10.0 Å². The molecule has 2 N–H and O–H groups in total. The van der Waals surface area contributed by atoms with Gasteiger partial charge in [-0.3, -0.25) is 14.5 Å². The van der Waals surface area contributed by atoms with Crippen LogP contribution in [0.15, 0.2) is 24.3 Å². The first-order chi connectivity index (χ1) is 12.7. The van der Waals surface area contributed by atoms with Gasteiger partial charge in [0.2, 0.25) is 21.8 Å². The number of hydrogen-bond acceptors (Lipinski definition) is 5. The van der Waals surface area contributed by atoms with Crippen LogP contribution in [0.25, 0.3) is 0 Å². The van der Waals surface area contributed by atoms with Crippen molar-refractivity contribution in [1.82, 2.24) is 9.62 Å². The van der Waals surface area contributed by atoms with Gasteiger partial charge in [-0.25, -0.2) is 13.1 Å². The van der Waals surface area contributed by atoms with Gasteiger partial charge in [0.25, 0.3) is 0 Å². The van der Waals surface area contributed by atoms with E-state index in [9.17, 15) is 18.0 Å². The van der Waals surface area contributed by atoms with E-state index in [1.165, 1.54) is 0 Å². The number of carbonyl (C=O) groups is 2. The number of nitrogens with one attached hydrogen (secondary N) is 2. The van der Waals surface area contributed by atoms with E-state index in [2.05, 4.69) is 10.0 Å². The number of anilines is 2. The molecule has 0 saturated carbocycles. The molecule has 27 heavy (non-hydrogen) atoms. The lowest BCUT2D eigenvalue weighted by Crippen LogP contribution is -2.49. The minimum Gasteiger partial charge on any atom is -0.324 e. The molecule has 2 aliphatic heterocycles. The van der Waals surface area contributed by atoms with Crippen LogP contribution >= 0.6 is 0 Å². The lowest BCUT2D eigenvalue weighted by atomic mass is 10.1. The number of rotatable bonds is 4. The molecule has 2 heterocycles. The molecule has 2 aliphatic rings. The summed E-state index contributed by atoms with van der Waals surface area (Å²) in [5.74, 6) is -0.154. The van der Waals surface area contributed by atoms with Crippen molar-refractivity contribution in [3.8, 4) is 0 Å². The van der Waals surface area contributed by atoms with Crippen LogP contribution in [-0.4, -0.2) is 63.1 Å². The van der Waals surface area contributed by atoms with Gasteiger partial charge in [-0.05, 0) is 31.9 Å². The Morgan fingerprint density at radius 2 is 1.93 bits per heavy atom. The van der Waals surface area contributed by atoms with Crippen LogP contribution in [0.1, 0.15) is 26.2 Å². The second-order valence-corrected chi connectivity index (χ2v) is 9.10. The highest BCUT2D eigenvalue weighted by Crippen LogP contribution is 2.31. The minimum atomic E-state index is -3.21. The number of nitrogens with zero attached hydrogens (tertiary/aromatic N) is 2. The van der Waals surface area contributed by atoms with E-state index in [0.717, 1.165) is 11.9 Å². The summed E-state index contributed by atoms with van der Waals surface area (Å²) in [6.07, 6.45) is 2.76. The van der Waals surface area contributed by atoms with E-state index in [1.807, 2.05) is 30.0 Å². The molecule has 1 aromatic rings. The summed E-state index contributed by atoms with van der Waals surface area (Å²) in [7, 11) is -3.21. The Labute approximate surface area is 160 Å². The molecule has 3 rings (SSSR count). The van der Waals surface area contributed by atoms with Crippen molar-refractivity contribution in [3.05, 3.63) is 24.3 Å². The number of carbonyl (C=O) groups excluding carboxylic acids is 2. The third kappa shape index (κ3) is 5.06. The Morgan fingerprint density at radius 1 is 1.26 bits per heavy atom. The van der Waals surface area contributed by atoms with Crippen molar-refractivity contribution >= 4 is 33.2 Å². The molecule has 0 unspecified atom stereocenters. The Balaban J connectivity index is 1.67. The van der Waals surface area contributed by atoms with Crippen LogP contribution in [0, 0.1) is 0 Å². The highest BCUT2D eigenvalue weighted by molar-refractivity contribution is 7.88. The summed E-state index contributed by atoms with van der Waals surface area (Å²) in [5.41, 5.74) is 1.37. The van der Waals surface area contributed by atoms with E-state index >= 15 is 0 Å². The molecule has 0 aromatic heterocycles. The molecular weight excluding hydrogens is 368 g/mol. The molecule has 1 atom stereocenters. The summed E-state index contributed by atoms with van der Waals surface area (Å²) in [6.45, 7) is 3.43. The number of likely N-dealkylation sites (tertiary alicyclic amines) is 1. The number of fused-ring (bicyclic) bond motifs is 1. The normalized spacial score (nSPS) is 22.1. The van der Waals surface area contributed by atoms with Gasteiger partial charge >= 0.3 is 0 Å². The van der Waals surface area contributed by atoms with Crippen LogP contribution in [-0.2, 0) is 19.6 Å². The number of benzene rings is 1. The standard InChI is InChI=1S/C18H26N4O4S/c1-13-11-17(23)19-15-5-3-4-6-16(15)22(13)18(24)12-21-9-7-14(8-10-21)20-27(2,25)26/h3-6,13-14,20H,7-12H2,1-2H3,(H,19,23)/t13-/m0/s1. The largest absolute Gasteiger partial charge is 0.324 e. The molecule has 8 nitrogen and oxygen atoms in total. The lowest BCUT2D eigenvalue weighted by molar-refractivity contribution is -0.120. The molecule has 1 aromatic carbocycles. The molecule has 0 radical (unpaired) electrons. The molecule has 9 heteroatoms. The van der Waals surface area contributed by atoms with Crippen molar-refractivity contribution in [2.24, 2.45) is 0 Å². The summed E-state index contributed by atoms with van der Waals surface area (Å²) in [5, 5.41) is 2.86. The smallest absolute Gasteiger partial charge is 0.241 e. The van der Waals surface area contributed by atoms with Gasteiger partial charge in [-0.2, -0.15) is 0 Å². The van der Waals surface area contributed by atoms with Gasteiger partial charge in [-0.1, -0.05) is 12.1 Å². The third-order valence-corrected chi connectivity index (χ3v) is 5.72. The van der Waals surface area contributed by atoms with Crippen LogP contribution in [0.5, 0.6) is 0 Å². The van der Waals surface area contributed by atoms with E-state index in [4.69, 9.17) is 0 Å². The van der Waals surface area contributed by atoms with Crippen molar-refractivity contribution in [2.75, 3.05) is 36.1 Å². The maximum atomic E-state index is 13.0. The highest BCUT2D eigenvalue weighted by atomic mass is 32.2. The summed E-state index contributed by atoms with van der Waals surface area (Å²) in [6, 6.07) is 7.02. The Hall–Kier alpha value is -1.97. The summed E-state index contributed by atoms with van der Waals surface area (Å²) in [4.78, 5) is 28.8. The maximum Gasteiger partial charge on any atom is 0.241 e. The third-order valence-electron chi connectivity index (χ3n) is 4.96. The van der Waals surface area contributed by atoms with Crippen molar-refractivity contribution in [1.29, 1.82) is 0 Å². The minimum absolute atomic E-state index is 0.0547. The molecule has 0 bridgehead atoms. The number of piperidine rings is 1. The highest BCUT2D eigenvalue weighted by Gasteiger charge is 2.31. The first kappa shape index (κ1) is 19.8. The van der Waals surface area contributed by atoms with E-state index in [1.54, 1.807) is 11.0 Å². The SMILES string of the molecule is C[C@H]1CC(=O)Nc2ccccc2N1C(=O)CN1CCC(NS(C)(=O)=O)CC1. The van der Waals surface area contributed by atoms with E-state index in [-0.39, 0.29) is 36.9 Å². The van der Waals surface area contributed by atoms with Crippen LogP contribution in [0.4, 0.5) is 11.4 Å². The summed E-state index contributed by atoms with van der Waals surface area (Å²) >= 11 is 0. The monoisotopic (exact) mass is 394 g/mol. The Morgan fingerprint density at radius 3 is 2.59 bits per heavy atom. The van der Waals surface area contributed by atoms with Gasteiger partial charge in [0.1, 0.15) is 0 Å². The van der Waals surface area contributed by atoms with Gasteiger partial charge in [-0.15, -0.1) is 0 Å². The fourth-order valence-electron chi connectivity index (χ4n) is 3.75. The Bertz CT molecular complexity index is 818. The van der Waals surface area contributed by atoms with Gasteiger partial charge in [0.15, 0.2) is 0 Å². The zero-order valence-corrected chi connectivity index (χ0v) is 16.5. The van der Waals surface area contributed by atoms with Crippen molar-refractivity contribution < 1.29 is 18.0 Å². The molecule has 1 fully saturated rings. The van der Waals surface area contributed by atoms with Gasteiger partial charge < -0.3 is 10.2 Å². The summed E-state index contributed by atoms with van der Waals surface area (Å²) < 4.78 is 25.3. The maximum absolute atomic E-state index is 13.0. The average Bonchev–Trinajstić information content (AvgIpc) is 2.69. The lowest BCUT2D eigenvalue weighted by Gasteiger charge is -2.34. The topological polar surface area (TPSA) is 98.8 Å². The van der Waals surface area contributed by atoms with E-state index in [0.29, 0.717) is 31.6 Å². The first-order valence-electron chi connectivity index (χ1n) is 9.13. The average molecular weight is 394 g/mol. The molecule has 0 aliphatic carbocycles. The van der Waals surface area contributed by atoms with Crippen molar-refractivity contribution in [3.63, 3.8) is 0 Å². The fourth-order valence-corrected chi connectivity index (χ4v) is 4.59. The number of amides is 2. The molecule has 148 valence electrons. The second kappa shape index (κ2) is 7.95. The first-order valence-corrected chi connectivity index (χ1v) is 11.0. The predicted molar refractivity (Wildman–Crippen MR) is 104 cm³/mol. The molecule has 1 saturated heterocycles. The second-order valence-electron chi connectivity index (χ2n) is 7.32. The quantitative estimate of drug-likeness (QED) is 0.786. The number of sulfonamides is 1. The van der Waals surface area contributed by atoms with Gasteiger partial charge in [0.05, 0.1) is 24.2 Å². The number of hydrogen-bond donors (Lipinski definition) is 2. The van der Waals surface area contributed by atoms with Crippen LogP contribution in [0.3, 0.4) is 0 Å². The van der Waals surface area contributed by atoms with Crippen LogP contribution in [0.2, 0.25) is 0 Å². The number of para-hydroxylation sites is 2.